The second kappa shape index (κ2) is 11.0. The van der Waals surface area contributed by atoms with Crippen LogP contribution in [0.15, 0.2) is 17.4 Å². The van der Waals surface area contributed by atoms with Crippen molar-refractivity contribution in [2.24, 2.45) is 12.0 Å². The van der Waals surface area contributed by atoms with Gasteiger partial charge in [-0.05, 0) is 31.2 Å². The van der Waals surface area contributed by atoms with Gasteiger partial charge in [0.2, 0.25) is 5.91 Å². The average molecular weight is 504 g/mol. The van der Waals surface area contributed by atoms with E-state index in [4.69, 9.17) is 4.74 Å². The second-order valence-electron chi connectivity index (χ2n) is 7.68. The minimum Gasteiger partial charge on any atom is -0.376 e. The van der Waals surface area contributed by atoms with Crippen molar-refractivity contribution in [3.63, 3.8) is 0 Å². The predicted molar refractivity (Wildman–Crippen MR) is 120 cm³/mol. The Bertz CT molecular complexity index is 657. The van der Waals surface area contributed by atoms with Gasteiger partial charge in [-0.3, -0.25) is 9.48 Å². The molecule has 2 aliphatic rings. The van der Waals surface area contributed by atoms with Crippen LogP contribution >= 0.6 is 24.0 Å². The van der Waals surface area contributed by atoms with Crippen molar-refractivity contribution < 1.29 is 9.53 Å². The number of halogens is 1. The molecular formula is C19H33IN6O2. The van der Waals surface area contributed by atoms with Crippen molar-refractivity contribution >= 4 is 35.8 Å². The van der Waals surface area contributed by atoms with Crippen molar-refractivity contribution in [1.29, 1.82) is 0 Å². The Hall–Kier alpha value is -1.36. The van der Waals surface area contributed by atoms with E-state index >= 15 is 0 Å². The Morgan fingerprint density at radius 2 is 2.21 bits per heavy atom. The monoisotopic (exact) mass is 504 g/mol. The van der Waals surface area contributed by atoms with Crippen molar-refractivity contribution in [2.75, 3.05) is 46.9 Å². The lowest BCUT2D eigenvalue weighted by molar-refractivity contribution is -0.127. The molecule has 2 saturated heterocycles. The molecule has 2 unspecified atom stereocenters. The lowest BCUT2D eigenvalue weighted by Gasteiger charge is -2.27. The third-order valence-electron chi connectivity index (χ3n) is 5.31. The average Bonchev–Trinajstić information content (AvgIpc) is 3.31. The number of carbonyl (C=O) groups excluding carboxylic acids is 1. The van der Waals surface area contributed by atoms with Crippen LogP contribution in [-0.4, -0.2) is 84.4 Å². The van der Waals surface area contributed by atoms with Gasteiger partial charge in [0.15, 0.2) is 5.96 Å². The highest BCUT2D eigenvalue weighted by Crippen LogP contribution is 2.26. The van der Waals surface area contributed by atoms with Gasteiger partial charge in [0.1, 0.15) is 6.54 Å². The van der Waals surface area contributed by atoms with E-state index in [9.17, 15) is 4.79 Å². The molecule has 1 N–H and O–H groups in total. The number of aromatic nitrogens is 2. The first-order valence-electron chi connectivity index (χ1n) is 9.86. The van der Waals surface area contributed by atoms with Gasteiger partial charge in [-0.2, -0.15) is 5.10 Å². The van der Waals surface area contributed by atoms with E-state index < -0.39 is 0 Å². The Labute approximate surface area is 184 Å². The quantitative estimate of drug-likeness (QED) is 0.373. The third kappa shape index (κ3) is 6.33. The van der Waals surface area contributed by atoms with E-state index in [1.165, 1.54) is 12.0 Å². The smallest absolute Gasteiger partial charge is 0.243 e. The number of amides is 1. The number of nitrogens with zero attached hydrogens (tertiary/aromatic N) is 5. The molecule has 0 radical (unpaired) electrons. The predicted octanol–water partition coefficient (Wildman–Crippen LogP) is 1.43. The summed E-state index contributed by atoms with van der Waals surface area (Å²) in [7, 11) is 5.46. The van der Waals surface area contributed by atoms with Gasteiger partial charge in [-0.25, -0.2) is 4.99 Å². The summed E-state index contributed by atoms with van der Waals surface area (Å²) in [6.07, 6.45) is 8.76. The Morgan fingerprint density at radius 1 is 1.39 bits per heavy atom. The van der Waals surface area contributed by atoms with E-state index in [1.54, 1.807) is 19.0 Å². The first-order chi connectivity index (χ1) is 13.0. The van der Waals surface area contributed by atoms with Crippen molar-refractivity contribution in [2.45, 2.75) is 37.7 Å². The number of likely N-dealkylation sites (tertiary alicyclic amines) is 1. The van der Waals surface area contributed by atoms with Gasteiger partial charge in [0.25, 0.3) is 0 Å². The molecule has 0 saturated carbocycles. The standard InChI is InChI=1S/C19H32N6O2.HI/c1-23(2)18(26)12-21-19(20-11-17-6-4-5-9-27-17)25-8-7-15(14-25)16-10-22-24(3)13-16;/h10,13,15,17H,4-9,11-12,14H2,1-3H3,(H,20,21);1H. The van der Waals surface area contributed by atoms with Gasteiger partial charge in [0, 0.05) is 59.5 Å². The zero-order valence-corrected chi connectivity index (χ0v) is 19.5. The molecule has 2 fully saturated rings. The molecule has 8 nitrogen and oxygen atoms in total. The molecule has 28 heavy (non-hydrogen) atoms. The summed E-state index contributed by atoms with van der Waals surface area (Å²) >= 11 is 0. The highest BCUT2D eigenvalue weighted by molar-refractivity contribution is 14.0. The Kier molecular flexibility index (Phi) is 9.00. The fraction of sp³-hybridized carbons (Fsp3) is 0.737. The van der Waals surface area contributed by atoms with Crippen LogP contribution in [0.3, 0.4) is 0 Å². The number of nitrogens with one attached hydrogen (secondary N) is 1. The second-order valence-corrected chi connectivity index (χ2v) is 7.68. The third-order valence-corrected chi connectivity index (χ3v) is 5.31. The number of guanidine groups is 1. The van der Waals surface area contributed by atoms with E-state index in [0.29, 0.717) is 5.92 Å². The molecule has 158 valence electrons. The van der Waals surface area contributed by atoms with Crippen molar-refractivity contribution in [3.8, 4) is 0 Å². The summed E-state index contributed by atoms with van der Waals surface area (Å²) in [6, 6.07) is 0. The van der Waals surface area contributed by atoms with E-state index in [1.807, 2.05) is 17.9 Å². The lowest BCUT2D eigenvalue weighted by Crippen LogP contribution is -2.44. The normalized spacial score (nSPS) is 22.7. The molecule has 0 bridgehead atoms. The number of carbonyl (C=O) groups is 1. The van der Waals surface area contributed by atoms with Crippen LogP contribution in [-0.2, 0) is 16.6 Å². The fourth-order valence-electron chi connectivity index (χ4n) is 3.60. The topological polar surface area (TPSA) is 75.0 Å². The summed E-state index contributed by atoms with van der Waals surface area (Å²) in [5.74, 6) is 1.26. The summed E-state index contributed by atoms with van der Waals surface area (Å²) in [5, 5.41) is 7.76. The number of likely N-dealkylation sites (N-methyl/N-ethyl adjacent to an activating group) is 1. The number of hydrogen-bond acceptors (Lipinski definition) is 4. The maximum absolute atomic E-state index is 12.0. The van der Waals surface area contributed by atoms with Gasteiger partial charge >= 0.3 is 0 Å². The minimum absolute atomic E-state index is 0. The van der Waals surface area contributed by atoms with Crippen LogP contribution in [0.5, 0.6) is 0 Å². The molecule has 1 aromatic heterocycles. The van der Waals surface area contributed by atoms with E-state index in [2.05, 4.69) is 26.5 Å². The maximum atomic E-state index is 12.0. The molecule has 0 aromatic carbocycles. The molecule has 1 aromatic rings. The largest absolute Gasteiger partial charge is 0.376 e. The van der Waals surface area contributed by atoms with Crippen LogP contribution in [0.25, 0.3) is 0 Å². The summed E-state index contributed by atoms with van der Waals surface area (Å²) in [4.78, 5) is 20.4. The molecular weight excluding hydrogens is 471 g/mol. The number of rotatable bonds is 5. The lowest BCUT2D eigenvalue weighted by atomic mass is 10.0. The summed E-state index contributed by atoms with van der Waals surface area (Å²) < 4.78 is 7.67. The van der Waals surface area contributed by atoms with Crippen molar-refractivity contribution in [1.82, 2.24) is 24.9 Å². The minimum atomic E-state index is 0. The molecule has 0 spiro atoms. The van der Waals surface area contributed by atoms with Crippen LogP contribution in [0.1, 0.15) is 37.2 Å². The van der Waals surface area contributed by atoms with Gasteiger partial charge in [0.05, 0.1) is 12.3 Å². The van der Waals surface area contributed by atoms with Crippen LogP contribution in [0.4, 0.5) is 0 Å². The number of aryl methyl sites for hydroxylation is 1. The molecule has 3 rings (SSSR count). The van der Waals surface area contributed by atoms with Crippen molar-refractivity contribution in [3.05, 3.63) is 18.0 Å². The summed E-state index contributed by atoms with van der Waals surface area (Å²) in [5.41, 5.74) is 1.26. The number of hydrogen-bond donors (Lipinski definition) is 1. The molecule has 0 aliphatic carbocycles. The SMILES string of the molecule is CN(C)C(=O)CN=C(NCC1CCCCO1)N1CCC(c2cnn(C)c2)C1.I. The molecule has 2 atom stereocenters. The highest BCUT2D eigenvalue weighted by Gasteiger charge is 2.27. The highest BCUT2D eigenvalue weighted by atomic mass is 127. The maximum Gasteiger partial charge on any atom is 0.243 e. The van der Waals surface area contributed by atoms with Crippen LogP contribution in [0.2, 0.25) is 0 Å². The van der Waals surface area contributed by atoms with Gasteiger partial charge in [-0.15, -0.1) is 24.0 Å². The van der Waals surface area contributed by atoms with E-state index in [0.717, 1.165) is 51.5 Å². The Morgan fingerprint density at radius 3 is 2.86 bits per heavy atom. The molecule has 3 heterocycles. The molecule has 1 amide bonds. The van der Waals surface area contributed by atoms with Gasteiger partial charge in [-0.1, -0.05) is 0 Å². The summed E-state index contributed by atoms with van der Waals surface area (Å²) in [6.45, 7) is 3.55. The number of aliphatic imine (C=N–C) groups is 1. The van der Waals surface area contributed by atoms with Crippen LogP contribution < -0.4 is 5.32 Å². The van der Waals surface area contributed by atoms with Gasteiger partial charge < -0.3 is 19.9 Å². The van der Waals surface area contributed by atoms with Crippen LogP contribution in [0, 0.1) is 0 Å². The zero-order valence-electron chi connectivity index (χ0n) is 17.1. The molecule has 2 aliphatic heterocycles. The van der Waals surface area contributed by atoms with E-state index in [-0.39, 0.29) is 42.5 Å². The Balaban J connectivity index is 0.00000280. The zero-order chi connectivity index (χ0) is 19.2. The number of ether oxygens (including phenoxy) is 1. The molecule has 9 heteroatoms. The first-order valence-corrected chi connectivity index (χ1v) is 9.86. The first kappa shape index (κ1) is 22.9. The fourth-order valence-corrected chi connectivity index (χ4v) is 3.60.